The molecule has 2 aromatic rings. The van der Waals surface area contributed by atoms with Gasteiger partial charge in [0.2, 0.25) is 0 Å². The lowest BCUT2D eigenvalue weighted by atomic mass is 10.2. The first-order valence-electron chi connectivity index (χ1n) is 8.29. The minimum absolute atomic E-state index is 0.242. The Kier molecular flexibility index (Phi) is 6.38. The highest BCUT2D eigenvalue weighted by Crippen LogP contribution is 2.30. The van der Waals surface area contributed by atoms with Gasteiger partial charge in [-0.2, -0.15) is 0 Å². The Bertz CT molecular complexity index is 795. The lowest BCUT2D eigenvalue weighted by Crippen LogP contribution is -2.42. The lowest BCUT2D eigenvalue weighted by molar-refractivity contribution is -0.150. The zero-order valence-corrected chi connectivity index (χ0v) is 15.1. The van der Waals surface area contributed by atoms with Crippen molar-refractivity contribution >= 4 is 23.5 Å². The van der Waals surface area contributed by atoms with E-state index in [4.69, 9.17) is 30.5 Å². The third-order valence-electron chi connectivity index (χ3n) is 3.63. The quantitative estimate of drug-likeness (QED) is 0.729. The number of halogens is 1. The minimum atomic E-state index is -0.647. The molecule has 1 heterocycles. The van der Waals surface area contributed by atoms with Gasteiger partial charge in [0.15, 0.2) is 24.7 Å². The van der Waals surface area contributed by atoms with Gasteiger partial charge in [-0.25, -0.2) is 4.79 Å². The van der Waals surface area contributed by atoms with Crippen LogP contribution in [0.2, 0.25) is 5.02 Å². The van der Waals surface area contributed by atoms with Crippen molar-refractivity contribution < 1.29 is 28.5 Å². The number of rotatable bonds is 7. The number of hydrogen-bond donors (Lipinski definition) is 1. The van der Waals surface area contributed by atoms with E-state index in [2.05, 4.69) is 5.32 Å². The molecular weight excluding hydrogens is 374 g/mol. The van der Waals surface area contributed by atoms with E-state index in [1.807, 2.05) is 18.2 Å². The standard InChI is InChI=1S/C19H18ClNO6/c20-13-5-7-14(8-6-13)24-12-19(23)26-11-18(22)21-9-15-10-25-16-3-1-2-4-17(16)27-15/h1-8,15H,9-12H2,(H,21,22)/t15-/m0/s1. The first kappa shape index (κ1) is 18.8. The molecule has 0 aliphatic carbocycles. The Morgan fingerprint density at radius 2 is 1.81 bits per heavy atom. The summed E-state index contributed by atoms with van der Waals surface area (Å²) in [7, 11) is 0. The van der Waals surface area contributed by atoms with Crippen molar-refractivity contribution in [2.24, 2.45) is 0 Å². The fraction of sp³-hybridized carbons (Fsp3) is 0.263. The molecule has 3 rings (SSSR count). The number of amides is 1. The van der Waals surface area contributed by atoms with Crippen LogP contribution in [0.3, 0.4) is 0 Å². The van der Waals surface area contributed by atoms with Crippen LogP contribution < -0.4 is 19.5 Å². The van der Waals surface area contributed by atoms with Gasteiger partial charge in [0, 0.05) is 5.02 Å². The van der Waals surface area contributed by atoms with Crippen molar-refractivity contribution in [1.29, 1.82) is 0 Å². The summed E-state index contributed by atoms with van der Waals surface area (Å²) in [5.41, 5.74) is 0. The van der Waals surface area contributed by atoms with Crippen molar-refractivity contribution in [3.05, 3.63) is 53.6 Å². The van der Waals surface area contributed by atoms with E-state index < -0.39 is 18.5 Å². The largest absolute Gasteiger partial charge is 0.486 e. The number of hydrogen-bond acceptors (Lipinski definition) is 6. The van der Waals surface area contributed by atoms with Crippen LogP contribution in [-0.2, 0) is 14.3 Å². The number of carbonyl (C=O) groups excluding carboxylic acids is 2. The van der Waals surface area contributed by atoms with Crippen LogP contribution in [0.15, 0.2) is 48.5 Å². The third-order valence-corrected chi connectivity index (χ3v) is 3.88. The summed E-state index contributed by atoms with van der Waals surface area (Å²) in [6, 6.07) is 13.9. The van der Waals surface area contributed by atoms with E-state index in [9.17, 15) is 9.59 Å². The maximum atomic E-state index is 11.8. The number of fused-ring (bicyclic) bond motifs is 1. The van der Waals surface area contributed by atoms with Crippen LogP contribution in [0, 0.1) is 0 Å². The normalized spacial score (nSPS) is 14.9. The SMILES string of the molecule is O=C(COC(=O)COc1ccc(Cl)cc1)NC[C@H]1COc2ccccc2O1. The molecule has 7 nitrogen and oxygen atoms in total. The van der Waals surface area contributed by atoms with Crippen molar-refractivity contribution in [3.63, 3.8) is 0 Å². The second-order valence-corrected chi connectivity index (χ2v) is 6.14. The molecule has 142 valence electrons. The highest BCUT2D eigenvalue weighted by molar-refractivity contribution is 6.30. The van der Waals surface area contributed by atoms with Crippen LogP contribution in [0.4, 0.5) is 0 Å². The molecule has 0 bridgehead atoms. The molecule has 0 saturated carbocycles. The summed E-state index contributed by atoms with van der Waals surface area (Å²) in [6.07, 6.45) is -0.312. The molecule has 1 aliphatic heterocycles. The summed E-state index contributed by atoms with van der Waals surface area (Å²) in [4.78, 5) is 23.4. The average molecular weight is 392 g/mol. The second-order valence-electron chi connectivity index (χ2n) is 5.70. The maximum Gasteiger partial charge on any atom is 0.344 e. The molecule has 1 aliphatic rings. The van der Waals surface area contributed by atoms with Gasteiger partial charge in [0.1, 0.15) is 18.5 Å². The fourth-order valence-electron chi connectivity index (χ4n) is 2.30. The van der Waals surface area contributed by atoms with Crippen LogP contribution in [0.5, 0.6) is 17.2 Å². The molecule has 0 fully saturated rings. The van der Waals surface area contributed by atoms with Gasteiger partial charge in [0.05, 0.1) is 6.54 Å². The Labute approximate surface area is 161 Å². The molecule has 1 N–H and O–H groups in total. The monoisotopic (exact) mass is 391 g/mol. The number of esters is 1. The molecule has 0 aromatic heterocycles. The Hall–Kier alpha value is -2.93. The molecule has 27 heavy (non-hydrogen) atoms. The Balaban J connectivity index is 1.32. The number of benzene rings is 2. The van der Waals surface area contributed by atoms with Crippen LogP contribution in [-0.4, -0.2) is 44.3 Å². The number of nitrogens with one attached hydrogen (secondary N) is 1. The van der Waals surface area contributed by atoms with Crippen molar-refractivity contribution in [3.8, 4) is 17.2 Å². The predicted octanol–water partition coefficient (Wildman–Crippen LogP) is 2.22. The van der Waals surface area contributed by atoms with Crippen molar-refractivity contribution in [2.45, 2.75) is 6.10 Å². The third kappa shape index (κ3) is 5.79. The topological polar surface area (TPSA) is 83.1 Å². The first-order chi connectivity index (χ1) is 13.1. The highest BCUT2D eigenvalue weighted by atomic mass is 35.5. The van der Waals surface area contributed by atoms with Gasteiger partial charge in [-0.15, -0.1) is 0 Å². The molecule has 1 atom stereocenters. The number of para-hydroxylation sites is 2. The van der Waals surface area contributed by atoms with Gasteiger partial charge >= 0.3 is 5.97 Å². The molecule has 0 saturated heterocycles. The summed E-state index contributed by atoms with van der Waals surface area (Å²) in [6.45, 7) is -0.129. The van der Waals surface area contributed by atoms with Gasteiger partial charge in [0.25, 0.3) is 5.91 Å². The van der Waals surface area contributed by atoms with Crippen molar-refractivity contribution in [2.75, 3.05) is 26.4 Å². The molecule has 0 spiro atoms. The van der Waals surface area contributed by atoms with Gasteiger partial charge in [-0.1, -0.05) is 23.7 Å². The fourth-order valence-corrected chi connectivity index (χ4v) is 2.43. The molecule has 2 aromatic carbocycles. The molecular formula is C19H18ClNO6. The number of ether oxygens (including phenoxy) is 4. The highest BCUT2D eigenvalue weighted by Gasteiger charge is 2.21. The zero-order chi connectivity index (χ0) is 19.1. The van der Waals surface area contributed by atoms with Crippen LogP contribution >= 0.6 is 11.6 Å². The van der Waals surface area contributed by atoms with E-state index in [1.54, 1.807) is 30.3 Å². The van der Waals surface area contributed by atoms with Gasteiger partial charge < -0.3 is 24.3 Å². The van der Waals surface area contributed by atoms with Crippen molar-refractivity contribution in [1.82, 2.24) is 5.32 Å². The second kappa shape index (κ2) is 9.14. The van der Waals surface area contributed by atoms with Crippen LogP contribution in [0.25, 0.3) is 0 Å². The summed E-state index contributed by atoms with van der Waals surface area (Å²) < 4.78 is 21.4. The van der Waals surface area contributed by atoms with E-state index in [1.165, 1.54) is 0 Å². The number of carbonyl (C=O) groups is 2. The summed E-state index contributed by atoms with van der Waals surface area (Å²) in [5, 5.41) is 3.21. The molecule has 0 radical (unpaired) electrons. The van der Waals surface area contributed by atoms with Crippen LogP contribution in [0.1, 0.15) is 0 Å². The van der Waals surface area contributed by atoms with Gasteiger partial charge in [-0.3, -0.25) is 4.79 Å². The van der Waals surface area contributed by atoms with E-state index in [-0.39, 0.29) is 19.3 Å². The van der Waals surface area contributed by atoms with Gasteiger partial charge in [-0.05, 0) is 36.4 Å². The molecule has 8 heteroatoms. The first-order valence-corrected chi connectivity index (χ1v) is 8.67. The maximum absolute atomic E-state index is 11.8. The average Bonchev–Trinajstić information content (AvgIpc) is 2.70. The molecule has 0 unspecified atom stereocenters. The Morgan fingerprint density at radius 1 is 1.07 bits per heavy atom. The van der Waals surface area contributed by atoms with E-state index in [0.717, 1.165) is 0 Å². The van der Waals surface area contributed by atoms with E-state index >= 15 is 0 Å². The zero-order valence-electron chi connectivity index (χ0n) is 14.4. The minimum Gasteiger partial charge on any atom is -0.486 e. The Morgan fingerprint density at radius 3 is 2.59 bits per heavy atom. The van der Waals surface area contributed by atoms with E-state index in [0.29, 0.717) is 28.9 Å². The lowest BCUT2D eigenvalue weighted by Gasteiger charge is -2.26. The summed E-state index contributed by atoms with van der Waals surface area (Å²) >= 11 is 5.76. The predicted molar refractivity (Wildman–Crippen MR) is 97.3 cm³/mol. The molecule has 1 amide bonds. The summed E-state index contributed by atoms with van der Waals surface area (Å²) in [5.74, 6) is 0.711. The smallest absolute Gasteiger partial charge is 0.344 e.